The van der Waals surface area contributed by atoms with Crippen LogP contribution in [0.2, 0.25) is 5.15 Å². The minimum Gasteiger partial charge on any atom is -0.368 e. The molecule has 2 N–H and O–H groups in total. The fourth-order valence-electron chi connectivity index (χ4n) is 2.18. The summed E-state index contributed by atoms with van der Waals surface area (Å²) in [6.07, 6.45) is 1.71. The minimum absolute atomic E-state index is 0.279. The molecule has 1 fully saturated rings. The topological polar surface area (TPSA) is 72.1 Å². The molecule has 6 heteroatoms. The molecule has 1 aromatic heterocycles. The van der Waals surface area contributed by atoms with E-state index in [2.05, 4.69) is 9.97 Å². The molecule has 2 rings (SSSR count). The van der Waals surface area contributed by atoms with E-state index in [0.717, 1.165) is 30.8 Å². The number of aromatic nitrogens is 2. The highest BCUT2D eigenvalue weighted by atomic mass is 35.5. The number of primary amides is 1. The summed E-state index contributed by atoms with van der Waals surface area (Å²) in [5, 5.41) is 0.433. The van der Waals surface area contributed by atoms with Gasteiger partial charge >= 0.3 is 0 Å². The fraction of sp³-hybridized carbons (Fsp3) is 0.545. The van der Waals surface area contributed by atoms with Crippen LogP contribution in [0.5, 0.6) is 0 Å². The van der Waals surface area contributed by atoms with E-state index in [0.29, 0.717) is 11.0 Å². The molecule has 1 aliphatic rings. The number of hydrogen-bond donors (Lipinski definition) is 1. The first kappa shape index (κ1) is 12.1. The molecule has 1 aromatic rings. The Kier molecular flexibility index (Phi) is 3.19. The predicted octanol–water partition coefficient (Wildman–Crippen LogP) is 1.20. The Balaban J connectivity index is 2.43. The van der Waals surface area contributed by atoms with Crippen molar-refractivity contribution in [1.29, 1.82) is 0 Å². The second-order valence-corrected chi connectivity index (χ2v) is 4.62. The van der Waals surface area contributed by atoms with Gasteiger partial charge < -0.3 is 10.6 Å². The van der Waals surface area contributed by atoms with E-state index in [4.69, 9.17) is 17.3 Å². The van der Waals surface area contributed by atoms with Crippen molar-refractivity contribution in [3.63, 3.8) is 0 Å². The molecule has 1 amide bonds. The molecule has 1 aliphatic heterocycles. The summed E-state index contributed by atoms with van der Waals surface area (Å²) in [5.74, 6) is 1.02. The van der Waals surface area contributed by atoms with Crippen molar-refractivity contribution in [1.82, 2.24) is 9.97 Å². The van der Waals surface area contributed by atoms with Crippen molar-refractivity contribution in [2.45, 2.75) is 32.7 Å². The number of carbonyl (C=O) groups is 1. The van der Waals surface area contributed by atoms with Gasteiger partial charge in [0.1, 0.15) is 22.8 Å². The average Bonchev–Trinajstić information content (AvgIpc) is 2.72. The van der Waals surface area contributed by atoms with Crippen LogP contribution in [-0.4, -0.2) is 28.5 Å². The summed E-state index contributed by atoms with van der Waals surface area (Å²) in [5.41, 5.74) is 6.19. The maximum Gasteiger partial charge on any atom is 0.240 e. The van der Waals surface area contributed by atoms with Gasteiger partial charge in [-0.3, -0.25) is 4.79 Å². The molecule has 1 atom stereocenters. The molecule has 5 nitrogen and oxygen atoms in total. The van der Waals surface area contributed by atoms with Gasteiger partial charge in [0, 0.05) is 12.1 Å². The lowest BCUT2D eigenvalue weighted by Crippen LogP contribution is -2.41. The standard InChI is InChI=1S/C11H15ClN4O/c1-6-9(12)14-7(2)15-11(6)16-5-3-4-8(16)10(13)17/h8H,3-5H2,1-2H3,(H2,13,17). The highest BCUT2D eigenvalue weighted by Gasteiger charge is 2.31. The SMILES string of the molecule is Cc1nc(Cl)c(C)c(N2CCCC2C(N)=O)n1. The Labute approximate surface area is 105 Å². The van der Waals surface area contributed by atoms with Crippen molar-refractivity contribution >= 4 is 23.3 Å². The van der Waals surface area contributed by atoms with Crippen LogP contribution >= 0.6 is 11.6 Å². The van der Waals surface area contributed by atoms with Crippen LogP contribution in [0.3, 0.4) is 0 Å². The Morgan fingerprint density at radius 3 is 2.82 bits per heavy atom. The maximum absolute atomic E-state index is 11.4. The number of amides is 1. The van der Waals surface area contributed by atoms with Crippen LogP contribution in [0, 0.1) is 13.8 Å². The quantitative estimate of drug-likeness (QED) is 0.805. The monoisotopic (exact) mass is 254 g/mol. The van der Waals surface area contributed by atoms with Crippen molar-refractivity contribution in [2.24, 2.45) is 5.73 Å². The van der Waals surface area contributed by atoms with Gasteiger partial charge in [0.05, 0.1) is 0 Å². The highest BCUT2D eigenvalue weighted by molar-refractivity contribution is 6.30. The second-order valence-electron chi connectivity index (χ2n) is 4.26. The average molecular weight is 255 g/mol. The normalized spacial score (nSPS) is 19.7. The van der Waals surface area contributed by atoms with E-state index in [9.17, 15) is 4.79 Å². The zero-order valence-electron chi connectivity index (χ0n) is 9.90. The Morgan fingerprint density at radius 1 is 1.47 bits per heavy atom. The third-order valence-electron chi connectivity index (χ3n) is 3.03. The lowest BCUT2D eigenvalue weighted by molar-refractivity contribution is -0.119. The predicted molar refractivity (Wildman–Crippen MR) is 66.1 cm³/mol. The molecule has 0 aliphatic carbocycles. The van der Waals surface area contributed by atoms with Gasteiger partial charge in [0.25, 0.3) is 0 Å². The first-order valence-electron chi connectivity index (χ1n) is 5.57. The van der Waals surface area contributed by atoms with Gasteiger partial charge in [-0.05, 0) is 26.7 Å². The van der Waals surface area contributed by atoms with Crippen molar-refractivity contribution in [2.75, 3.05) is 11.4 Å². The summed E-state index contributed by atoms with van der Waals surface area (Å²) in [4.78, 5) is 21.8. The number of carbonyl (C=O) groups excluding carboxylic acids is 1. The number of aryl methyl sites for hydroxylation is 1. The van der Waals surface area contributed by atoms with E-state index in [1.807, 2.05) is 11.8 Å². The van der Waals surface area contributed by atoms with Gasteiger partial charge in [-0.15, -0.1) is 0 Å². The van der Waals surface area contributed by atoms with Crippen LogP contribution in [0.4, 0.5) is 5.82 Å². The largest absolute Gasteiger partial charge is 0.368 e. The lowest BCUT2D eigenvalue weighted by Gasteiger charge is -2.25. The molecule has 0 radical (unpaired) electrons. The zero-order valence-corrected chi connectivity index (χ0v) is 10.7. The summed E-state index contributed by atoms with van der Waals surface area (Å²) in [6.45, 7) is 4.42. The molecule has 17 heavy (non-hydrogen) atoms. The molecular weight excluding hydrogens is 240 g/mol. The van der Waals surface area contributed by atoms with Crippen molar-refractivity contribution in [3.05, 3.63) is 16.5 Å². The maximum atomic E-state index is 11.4. The van der Waals surface area contributed by atoms with Crippen molar-refractivity contribution in [3.8, 4) is 0 Å². The van der Waals surface area contributed by atoms with E-state index in [1.165, 1.54) is 0 Å². The molecule has 1 unspecified atom stereocenters. The van der Waals surface area contributed by atoms with E-state index >= 15 is 0 Å². The van der Waals surface area contributed by atoms with Crippen LogP contribution < -0.4 is 10.6 Å². The molecule has 2 heterocycles. The number of halogens is 1. The molecule has 0 aromatic carbocycles. The molecule has 0 saturated carbocycles. The number of rotatable bonds is 2. The third kappa shape index (κ3) is 2.20. The fourth-order valence-corrected chi connectivity index (χ4v) is 2.38. The third-order valence-corrected chi connectivity index (χ3v) is 3.39. The van der Waals surface area contributed by atoms with Crippen LogP contribution in [0.1, 0.15) is 24.2 Å². The first-order chi connectivity index (χ1) is 8.00. The molecule has 0 bridgehead atoms. The molecule has 92 valence electrons. The van der Waals surface area contributed by atoms with Gasteiger partial charge in [-0.25, -0.2) is 9.97 Å². The Hall–Kier alpha value is -1.36. The summed E-state index contributed by atoms with van der Waals surface area (Å²) in [6, 6.07) is -0.279. The van der Waals surface area contributed by atoms with Gasteiger partial charge in [-0.2, -0.15) is 0 Å². The van der Waals surface area contributed by atoms with E-state index in [-0.39, 0.29) is 11.9 Å². The zero-order chi connectivity index (χ0) is 12.6. The number of anilines is 1. The second kappa shape index (κ2) is 4.49. The highest BCUT2D eigenvalue weighted by Crippen LogP contribution is 2.29. The number of nitrogens with zero attached hydrogens (tertiary/aromatic N) is 3. The number of nitrogens with two attached hydrogens (primary N) is 1. The Morgan fingerprint density at radius 2 is 2.18 bits per heavy atom. The van der Waals surface area contributed by atoms with Gasteiger partial charge in [-0.1, -0.05) is 11.6 Å². The van der Waals surface area contributed by atoms with E-state index < -0.39 is 0 Å². The summed E-state index contributed by atoms with van der Waals surface area (Å²) >= 11 is 6.03. The van der Waals surface area contributed by atoms with Crippen LogP contribution in [0.25, 0.3) is 0 Å². The minimum atomic E-state index is -0.311. The van der Waals surface area contributed by atoms with E-state index in [1.54, 1.807) is 6.92 Å². The lowest BCUT2D eigenvalue weighted by atomic mass is 10.2. The van der Waals surface area contributed by atoms with Crippen LogP contribution in [0.15, 0.2) is 0 Å². The number of hydrogen-bond acceptors (Lipinski definition) is 4. The molecule has 1 saturated heterocycles. The van der Waals surface area contributed by atoms with Gasteiger partial charge in [0.2, 0.25) is 5.91 Å². The summed E-state index contributed by atoms with van der Waals surface area (Å²) in [7, 11) is 0. The molecule has 0 spiro atoms. The van der Waals surface area contributed by atoms with Gasteiger partial charge in [0.15, 0.2) is 0 Å². The smallest absolute Gasteiger partial charge is 0.240 e. The Bertz CT molecular complexity index is 463. The van der Waals surface area contributed by atoms with Crippen molar-refractivity contribution < 1.29 is 4.79 Å². The first-order valence-corrected chi connectivity index (χ1v) is 5.95. The molecular formula is C11H15ClN4O. The summed E-state index contributed by atoms with van der Waals surface area (Å²) < 4.78 is 0. The van der Waals surface area contributed by atoms with Crippen LogP contribution in [-0.2, 0) is 4.79 Å².